The highest BCUT2D eigenvalue weighted by atomic mass is 16.3. The highest BCUT2D eigenvalue weighted by Crippen LogP contribution is 2.16. The molecule has 3 N–H and O–H groups in total. The van der Waals surface area contributed by atoms with Crippen LogP contribution < -0.4 is 10.6 Å². The molecule has 0 spiro atoms. The van der Waals surface area contributed by atoms with Crippen LogP contribution in [0.4, 0.5) is 5.69 Å². The van der Waals surface area contributed by atoms with Gasteiger partial charge in [0.1, 0.15) is 11.4 Å². The topological polar surface area (TPSA) is 91.3 Å². The van der Waals surface area contributed by atoms with Crippen LogP contribution in [-0.2, 0) is 4.79 Å². The second-order valence-electron chi connectivity index (χ2n) is 5.67. The first kappa shape index (κ1) is 17.9. The minimum atomic E-state index is -0.520. The number of aromatic hydroxyl groups is 1. The van der Waals surface area contributed by atoms with Crippen molar-refractivity contribution in [2.24, 2.45) is 0 Å². The molecule has 2 amide bonds. The van der Waals surface area contributed by atoms with Gasteiger partial charge in [0.15, 0.2) is 0 Å². The Kier molecular flexibility index (Phi) is 5.59. The fourth-order valence-corrected chi connectivity index (χ4v) is 2.35. The summed E-state index contributed by atoms with van der Waals surface area (Å²) in [4.78, 5) is 29.2. The average Bonchev–Trinajstić information content (AvgIpc) is 2.69. The molecular weight excluding hydrogens is 342 g/mol. The van der Waals surface area contributed by atoms with Gasteiger partial charge >= 0.3 is 0 Å². The summed E-state index contributed by atoms with van der Waals surface area (Å²) < 4.78 is 0. The van der Waals surface area contributed by atoms with Crippen LogP contribution in [-0.4, -0.2) is 21.9 Å². The number of carbonyl (C=O) groups excluding carboxylic acids is 2. The van der Waals surface area contributed by atoms with E-state index in [-0.39, 0.29) is 11.4 Å². The fraction of sp³-hybridized carbons (Fsp3) is 0. The van der Waals surface area contributed by atoms with Gasteiger partial charge in [-0.25, -0.2) is 0 Å². The molecule has 1 aromatic heterocycles. The summed E-state index contributed by atoms with van der Waals surface area (Å²) in [5.74, 6) is -0.899. The van der Waals surface area contributed by atoms with E-state index in [0.29, 0.717) is 16.8 Å². The van der Waals surface area contributed by atoms with E-state index in [1.165, 1.54) is 18.2 Å². The maximum atomic E-state index is 12.7. The molecule has 3 aromatic rings. The monoisotopic (exact) mass is 359 g/mol. The Hall–Kier alpha value is -3.93. The largest absolute Gasteiger partial charge is 0.508 e. The highest BCUT2D eigenvalue weighted by molar-refractivity contribution is 6.10. The number of phenolic OH excluding ortho intramolecular Hbond substituents is 1. The third-order valence-corrected chi connectivity index (χ3v) is 3.63. The third kappa shape index (κ3) is 5.02. The van der Waals surface area contributed by atoms with Crippen LogP contribution in [0.2, 0.25) is 0 Å². The quantitative estimate of drug-likeness (QED) is 0.610. The molecule has 0 fully saturated rings. The van der Waals surface area contributed by atoms with Gasteiger partial charge in [-0.1, -0.05) is 30.3 Å². The summed E-state index contributed by atoms with van der Waals surface area (Å²) in [5, 5.41) is 14.8. The number of benzene rings is 2. The molecule has 0 aliphatic carbocycles. The van der Waals surface area contributed by atoms with Gasteiger partial charge < -0.3 is 15.7 Å². The van der Waals surface area contributed by atoms with Crippen LogP contribution in [0.5, 0.6) is 5.75 Å². The Morgan fingerprint density at radius 1 is 0.963 bits per heavy atom. The van der Waals surface area contributed by atoms with E-state index in [1.54, 1.807) is 67.0 Å². The number of amides is 2. The normalized spacial score (nSPS) is 10.9. The molecule has 0 atom stereocenters. The number of nitrogens with zero attached hydrogens (tertiary/aromatic N) is 1. The van der Waals surface area contributed by atoms with Crippen LogP contribution in [0.25, 0.3) is 6.08 Å². The zero-order valence-corrected chi connectivity index (χ0v) is 14.3. The molecule has 0 unspecified atom stereocenters. The number of phenols is 1. The van der Waals surface area contributed by atoms with Crippen molar-refractivity contribution in [1.82, 2.24) is 10.3 Å². The summed E-state index contributed by atoms with van der Waals surface area (Å²) >= 11 is 0. The number of pyridine rings is 1. The Bertz CT molecular complexity index is 970. The van der Waals surface area contributed by atoms with Crippen molar-refractivity contribution < 1.29 is 14.7 Å². The van der Waals surface area contributed by atoms with Gasteiger partial charge in [0.05, 0.1) is 0 Å². The van der Waals surface area contributed by atoms with Crippen LogP contribution in [0.3, 0.4) is 0 Å². The second-order valence-corrected chi connectivity index (χ2v) is 5.67. The Balaban J connectivity index is 1.86. The fourth-order valence-electron chi connectivity index (χ4n) is 2.35. The molecule has 0 saturated heterocycles. The summed E-state index contributed by atoms with van der Waals surface area (Å²) in [5.41, 5.74) is 1.55. The molecule has 0 bridgehead atoms. The van der Waals surface area contributed by atoms with Gasteiger partial charge in [-0.05, 0) is 42.0 Å². The van der Waals surface area contributed by atoms with Crippen LogP contribution in [0, 0.1) is 0 Å². The first-order valence-electron chi connectivity index (χ1n) is 8.20. The predicted octanol–water partition coefficient (Wildman–Crippen LogP) is 3.20. The van der Waals surface area contributed by atoms with Gasteiger partial charge in [0.2, 0.25) is 0 Å². The lowest BCUT2D eigenvalue weighted by molar-refractivity contribution is -0.113. The average molecular weight is 359 g/mol. The molecule has 134 valence electrons. The first-order valence-corrected chi connectivity index (χ1v) is 8.20. The van der Waals surface area contributed by atoms with Crippen LogP contribution in [0.1, 0.15) is 15.9 Å². The maximum Gasteiger partial charge on any atom is 0.272 e. The lowest BCUT2D eigenvalue weighted by atomic mass is 10.2. The molecule has 0 aliphatic heterocycles. The maximum absolute atomic E-state index is 12.7. The number of anilines is 1. The van der Waals surface area contributed by atoms with Crippen molar-refractivity contribution in [3.8, 4) is 5.75 Å². The zero-order valence-electron chi connectivity index (χ0n) is 14.3. The number of hydrogen-bond acceptors (Lipinski definition) is 4. The van der Waals surface area contributed by atoms with Gasteiger partial charge in [-0.3, -0.25) is 14.6 Å². The highest BCUT2D eigenvalue weighted by Gasteiger charge is 2.15. The summed E-state index contributed by atoms with van der Waals surface area (Å²) in [6.07, 6.45) is 4.73. The number of nitrogens with one attached hydrogen (secondary N) is 2. The van der Waals surface area contributed by atoms with Gasteiger partial charge in [0, 0.05) is 29.7 Å². The van der Waals surface area contributed by atoms with Crippen molar-refractivity contribution in [2.75, 3.05) is 5.32 Å². The molecule has 27 heavy (non-hydrogen) atoms. The minimum absolute atomic E-state index is 0.0268. The van der Waals surface area contributed by atoms with Crippen molar-refractivity contribution >= 4 is 23.6 Å². The standard InChI is InChI=1S/C21H17N3O3/c25-18-10-4-9-17(13-18)23-21(27)19(12-15-6-5-11-22-14-15)24-20(26)16-7-2-1-3-8-16/h1-14,25H,(H,23,27)(H,24,26)/b19-12+. The van der Waals surface area contributed by atoms with Crippen LogP contribution in [0.15, 0.2) is 84.8 Å². The number of aromatic nitrogens is 1. The van der Waals surface area contributed by atoms with E-state index < -0.39 is 11.8 Å². The summed E-state index contributed by atoms with van der Waals surface area (Å²) in [6, 6.07) is 18.3. The molecule has 0 saturated carbocycles. The van der Waals surface area contributed by atoms with E-state index in [1.807, 2.05) is 0 Å². The Morgan fingerprint density at radius 3 is 2.48 bits per heavy atom. The smallest absolute Gasteiger partial charge is 0.272 e. The number of carbonyl (C=O) groups is 2. The SMILES string of the molecule is O=C(Nc1cccc(O)c1)/C(=C\c1cccnc1)NC(=O)c1ccccc1. The lowest BCUT2D eigenvalue weighted by Crippen LogP contribution is -2.30. The Labute approximate surface area is 156 Å². The molecule has 2 aromatic carbocycles. The molecule has 1 heterocycles. The molecule has 6 heteroatoms. The van der Waals surface area contributed by atoms with Gasteiger partial charge in [-0.15, -0.1) is 0 Å². The summed E-state index contributed by atoms with van der Waals surface area (Å²) in [6.45, 7) is 0. The number of hydrogen-bond donors (Lipinski definition) is 3. The van der Waals surface area contributed by atoms with E-state index >= 15 is 0 Å². The third-order valence-electron chi connectivity index (χ3n) is 3.63. The van der Waals surface area contributed by atoms with Gasteiger partial charge in [0.25, 0.3) is 11.8 Å². The zero-order chi connectivity index (χ0) is 19.1. The molecule has 6 nitrogen and oxygen atoms in total. The first-order chi connectivity index (χ1) is 13.1. The van der Waals surface area contributed by atoms with E-state index in [0.717, 1.165) is 0 Å². The van der Waals surface area contributed by atoms with E-state index in [9.17, 15) is 14.7 Å². The van der Waals surface area contributed by atoms with Crippen molar-refractivity contribution in [2.45, 2.75) is 0 Å². The molecule has 3 rings (SSSR count). The molecule has 0 radical (unpaired) electrons. The van der Waals surface area contributed by atoms with Crippen molar-refractivity contribution in [3.63, 3.8) is 0 Å². The molecule has 0 aliphatic rings. The van der Waals surface area contributed by atoms with Crippen LogP contribution >= 0.6 is 0 Å². The minimum Gasteiger partial charge on any atom is -0.508 e. The number of rotatable bonds is 5. The van der Waals surface area contributed by atoms with Gasteiger partial charge in [-0.2, -0.15) is 0 Å². The predicted molar refractivity (Wildman–Crippen MR) is 103 cm³/mol. The Morgan fingerprint density at radius 2 is 1.78 bits per heavy atom. The second kappa shape index (κ2) is 8.44. The van der Waals surface area contributed by atoms with Crippen molar-refractivity contribution in [3.05, 3.63) is 95.9 Å². The van der Waals surface area contributed by atoms with E-state index in [4.69, 9.17) is 0 Å². The summed E-state index contributed by atoms with van der Waals surface area (Å²) in [7, 11) is 0. The van der Waals surface area contributed by atoms with E-state index in [2.05, 4.69) is 15.6 Å². The molecular formula is C21H17N3O3. The lowest BCUT2D eigenvalue weighted by Gasteiger charge is -2.11. The van der Waals surface area contributed by atoms with Crippen molar-refractivity contribution in [1.29, 1.82) is 0 Å².